The number of aromatic nitrogens is 1. The lowest BCUT2D eigenvalue weighted by atomic mass is 9.88. The van der Waals surface area contributed by atoms with E-state index in [9.17, 15) is 4.79 Å². The summed E-state index contributed by atoms with van der Waals surface area (Å²) in [4.78, 5) is 14.1. The highest BCUT2D eigenvalue weighted by atomic mass is 16.5. The van der Waals surface area contributed by atoms with Gasteiger partial charge in [0.15, 0.2) is 0 Å². The second-order valence-electron chi connectivity index (χ2n) is 4.95. The van der Waals surface area contributed by atoms with Crippen molar-refractivity contribution >= 4 is 5.91 Å². The minimum atomic E-state index is -0.0869. The molecule has 6 nitrogen and oxygen atoms in total. The fourth-order valence-electron chi connectivity index (χ4n) is 2.83. The molecule has 3 rings (SSSR count). The van der Waals surface area contributed by atoms with Gasteiger partial charge >= 0.3 is 0 Å². The predicted octanol–water partition coefficient (Wildman–Crippen LogP) is 0.365. The van der Waals surface area contributed by atoms with Gasteiger partial charge < -0.3 is 19.5 Å². The van der Waals surface area contributed by atoms with Gasteiger partial charge in [-0.3, -0.25) is 4.79 Å². The number of likely N-dealkylation sites (tertiary alicyclic amines) is 1. The summed E-state index contributed by atoms with van der Waals surface area (Å²) >= 11 is 0. The number of nitrogens with zero attached hydrogens (tertiary/aromatic N) is 2. The number of carbonyl (C=O) groups excluding carboxylic acids is 1. The van der Waals surface area contributed by atoms with E-state index in [-0.39, 0.29) is 11.7 Å². The van der Waals surface area contributed by atoms with Crippen LogP contribution in [0.4, 0.5) is 0 Å². The molecule has 98 valence electrons. The second-order valence-corrected chi connectivity index (χ2v) is 4.95. The summed E-state index contributed by atoms with van der Waals surface area (Å²) in [6.07, 6.45) is 1.06. The van der Waals surface area contributed by atoms with Crippen molar-refractivity contribution in [3.63, 3.8) is 0 Å². The van der Waals surface area contributed by atoms with E-state index in [4.69, 9.17) is 9.26 Å². The van der Waals surface area contributed by atoms with E-state index in [1.54, 1.807) is 6.07 Å². The summed E-state index contributed by atoms with van der Waals surface area (Å²) in [5.41, 5.74) is 0. The lowest BCUT2D eigenvalue weighted by molar-refractivity contribution is 0.0601. The van der Waals surface area contributed by atoms with Crippen LogP contribution in [0, 0.1) is 11.8 Å². The number of ether oxygens (including phenoxy) is 1. The fraction of sp³-hybridized carbons (Fsp3) is 0.667. The van der Waals surface area contributed by atoms with Gasteiger partial charge in [-0.25, -0.2) is 0 Å². The highest BCUT2D eigenvalue weighted by molar-refractivity contribution is 5.91. The van der Waals surface area contributed by atoms with Gasteiger partial charge in [-0.05, 0) is 36.5 Å². The molecule has 1 N–H and O–H groups in total. The van der Waals surface area contributed by atoms with Crippen LogP contribution in [0.5, 0.6) is 5.88 Å². The molecule has 0 saturated carbocycles. The monoisotopic (exact) mass is 251 g/mol. The number of rotatable bonds is 2. The molecule has 2 unspecified atom stereocenters. The van der Waals surface area contributed by atoms with Gasteiger partial charge in [0.1, 0.15) is 0 Å². The van der Waals surface area contributed by atoms with Gasteiger partial charge in [-0.15, -0.1) is 0 Å². The van der Waals surface area contributed by atoms with E-state index in [0.717, 1.165) is 38.5 Å². The summed E-state index contributed by atoms with van der Waals surface area (Å²) in [5, 5.41) is 7.04. The van der Waals surface area contributed by atoms with Crippen molar-refractivity contribution in [1.82, 2.24) is 15.4 Å². The quantitative estimate of drug-likeness (QED) is 0.822. The number of hydrogen-bond acceptors (Lipinski definition) is 5. The van der Waals surface area contributed by atoms with Gasteiger partial charge in [0.2, 0.25) is 5.76 Å². The average molecular weight is 251 g/mol. The molecule has 1 amide bonds. The largest absolute Gasteiger partial charge is 0.479 e. The Bertz CT molecular complexity index is 446. The highest BCUT2D eigenvalue weighted by Crippen LogP contribution is 2.27. The summed E-state index contributed by atoms with van der Waals surface area (Å²) in [6, 6.07) is 1.54. The molecular weight excluding hydrogens is 234 g/mol. The number of piperidine rings is 1. The van der Waals surface area contributed by atoms with Crippen LogP contribution in [0.3, 0.4) is 0 Å². The Kier molecular flexibility index (Phi) is 2.95. The fourth-order valence-corrected chi connectivity index (χ4v) is 2.83. The Labute approximate surface area is 105 Å². The van der Waals surface area contributed by atoms with Crippen molar-refractivity contribution in [2.45, 2.75) is 6.42 Å². The summed E-state index contributed by atoms with van der Waals surface area (Å²) in [5.74, 6) is 1.81. The zero-order valence-corrected chi connectivity index (χ0v) is 10.4. The first kappa shape index (κ1) is 11.5. The van der Waals surface area contributed by atoms with Crippen molar-refractivity contribution in [1.29, 1.82) is 0 Å². The summed E-state index contributed by atoms with van der Waals surface area (Å²) in [6.45, 7) is 3.70. The van der Waals surface area contributed by atoms with E-state index >= 15 is 0 Å². The van der Waals surface area contributed by atoms with Gasteiger partial charge in [0.25, 0.3) is 11.8 Å². The molecule has 6 heteroatoms. The van der Waals surface area contributed by atoms with E-state index in [1.165, 1.54) is 7.11 Å². The topological polar surface area (TPSA) is 67.6 Å². The highest BCUT2D eigenvalue weighted by Gasteiger charge is 2.35. The van der Waals surface area contributed by atoms with Crippen LogP contribution in [0.1, 0.15) is 17.0 Å². The third-order valence-corrected chi connectivity index (χ3v) is 3.90. The molecule has 1 aromatic rings. The van der Waals surface area contributed by atoms with Crippen LogP contribution in [0.15, 0.2) is 10.6 Å². The molecule has 0 radical (unpaired) electrons. The summed E-state index contributed by atoms with van der Waals surface area (Å²) < 4.78 is 9.92. The van der Waals surface area contributed by atoms with E-state index < -0.39 is 0 Å². The average Bonchev–Trinajstić information content (AvgIpc) is 3.05. The molecule has 1 aromatic heterocycles. The van der Waals surface area contributed by atoms with Crippen molar-refractivity contribution in [2.75, 3.05) is 33.3 Å². The number of methoxy groups -OCH3 is 1. The number of amides is 1. The molecule has 0 aliphatic carbocycles. The van der Waals surface area contributed by atoms with Crippen molar-refractivity contribution < 1.29 is 14.1 Å². The minimum absolute atomic E-state index is 0.0869. The number of hydrogen-bond donors (Lipinski definition) is 1. The molecule has 2 aliphatic rings. The molecule has 2 aliphatic heterocycles. The lowest BCUT2D eigenvalue weighted by Crippen LogP contribution is -2.43. The maximum absolute atomic E-state index is 12.2. The smallest absolute Gasteiger partial charge is 0.292 e. The number of fused-ring (bicyclic) bond motifs is 1. The first-order chi connectivity index (χ1) is 8.78. The van der Waals surface area contributed by atoms with Crippen LogP contribution < -0.4 is 10.1 Å². The molecule has 18 heavy (non-hydrogen) atoms. The lowest BCUT2D eigenvalue weighted by Gasteiger charge is -2.33. The normalized spacial score (nSPS) is 27.1. The zero-order chi connectivity index (χ0) is 12.5. The van der Waals surface area contributed by atoms with Crippen LogP contribution in [-0.2, 0) is 0 Å². The van der Waals surface area contributed by atoms with Crippen molar-refractivity contribution in [2.24, 2.45) is 11.8 Å². The Morgan fingerprint density at radius 2 is 2.39 bits per heavy atom. The van der Waals surface area contributed by atoms with Crippen molar-refractivity contribution in [3.05, 3.63) is 11.8 Å². The molecule has 3 heterocycles. The SMILES string of the molecule is COc1cc(C(=O)N2CCC3CNCC3C2)on1. The number of nitrogens with one attached hydrogen (secondary N) is 1. The van der Waals surface area contributed by atoms with Gasteiger partial charge in [0.05, 0.1) is 13.2 Å². The molecule has 0 spiro atoms. The zero-order valence-electron chi connectivity index (χ0n) is 10.4. The Hall–Kier alpha value is -1.56. The minimum Gasteiger partial charge on any atom is -0.479 e. The molecule has 0 aromatic carbocycles. The van der Waals surface area contributed by atoms with Gasteiger partial charge in [0, 0.05) is 13.1 Å². The Balaban J connectivity index is 1.69. The van der Waals surface area contributed by atoms with E-state index in [0.29, 0.717) is 11.8 Å². The second kappa shape index (κ2) is 4.61. The van der Waals surface area contributed by atoms with Gasteiger partial charge in [-0.2, -0.15) is 0 Å². The van der Waals surface area contributed by atoms with Crippen LogP contribution in [0.25, 0.3) is 0 Å². The Morgan fingerprint density at radius 1 is 1.56 bits per heavy atom. The summed E-state index contributed by atoms with van der Waals surface area (Å²) in [7, 11) is 1.50. The first-order valence-electron chi connectivity index (χ1n) is 6.28. The molecular formula is C12H17N3O3. The molecule has 2 saturated heterocycles. The van der Waals surface area contributed by atoms with Crippen LogP contribution >= 0.6 is 0 Å². The van der Waals surface area contributed by atoms with Crippen LogP contribution in [-0.4, -0.2) is 49.3 Å². The van der Waals surface area contributed by atoms with E-state index in [1.807, 2.05) is 4.90 Å². The van der Waals surface area contributed by atoms with Gasteiger partial charge in [-0.1, -0.05) is 0 Å². The predicted molar refractivity (Wildman–Crippen MR) is 63.4 cm³/mol. The van der Waals surface area contributed by atoms with Crippen molar-refractivity contribution in [3.8, 4) is 5.88 Å². The Morgan fingerprint density at radius 3 is 3.17 bits per heavy atom. The standard InChI is InChI=1S/C12H17N3O3/c1-17-11-4-10(18-14-11)12(16)15-3-2-8-5-13-6-9(8)7-15/h4,8-9,13H,2-3,5-7H2,1H3. The maximum atomic E-state index is 12.2. The molecule has 2 fully saturated rings. The first-order valence-corrected chi connectivity index (χ1v) is 6.28. The third-order valence-electron chi connectivity index (χ3n) is 3.90. The third kappa shape index (κ3) is 1.96. The van der Waals surface area contributed by atoms with Crippen LogP contribution in [0.2, 0.25) is 0 Å². The molecule has 0 bridgehead atoms. The molecule has 2 atom stereocenters. The maximum Gasteiger partial charge on any atom is 0.292 e. The number of carbonyl (C=O) groups is 1. The van der Waals surface area contributed by atoms with E-state index in [2.05, 4.69) is 10.5 Å².